The van der Waals surface area contributed by atoms with Crippen molar-refractivity contribution in [1.29, 1.82) is 5.41 Å². The minimum absolute atomic E-state index is 0.0281. The Balaban J connectivity index is 2.13. The molecule has 1 unspecified atom stereocenters. The fourth-order valence-electron chi connectivity index (χ4n) is 2.79. The number of rotatable bonds is 2. The van der Waals surface area contributed by atoms with E-state index in [2.05, 4.69) is 40.0 Å². The monoisotopic (exact) mass is 281 g/mol. The summed E-state index contributed by atoms with van der Waals surface area (Å²) in [4.78, 5) is 11.2. The van der Waals surface area contributed by atoms with Gasteiger partial charge < -0.3 is 10.6 Å². The van der Waals surface area contributed by atoms with Gasteiger partial charge in [-0.1, -0.05) is 18.2 Å². The molecule has 0 fully saturated rings. The van der Waals surface area contributed by atoms with Gasteiger partial charge in [0.15, 0.2) is 0 Å². The number of nitrogens with one attached hydrogen (secondary N) is 1. The molecular weight excluding hydrogens is 262 g/mol. The highest BCUT2D eigenvalue weighted by molar-refractivity contribution is 5.93. The van der Waals surface area contributed by atoms with E-state index in [1.54, 1.807) is 6.07 Å². The lowest BCUT2D eigenvalue weighted by Crippen LogP contribution is -2.35. The van der Waals surface area contributed by atoms with E-state index in [0.29, 0.717) is 17.7 Å². The molecule has 2 aromatic rings. The molecule has 0 spiro atoms. The summed E-state index contributed by atoms with van der Waals surface area (Å²) < 4.78 is 0. The molecule has 2 heterocycles. The molecule has 0 radical (unpaired) electrons. The third-order valence-corrected chi connectivity index (χ3v) is 3.86. The SMILES string of the molecule is Cc1cc(C(=N)N)nc(N2c3ccccc3CCC2C)n1. The molecule has 0 saturated heterocycles. The Morgan fingerprint density at radius 3 is 2.86 bits per heavy atom. The minimum atomic E-state index is -0.0281. The molecule has 1 aliphatic rings. The maximum Gasteiger partial charge on any atom is 0.231 e. The van der Waals surface area contributed by atoms with Gasteiger partial charge in [0.25, 0.3) is 0 Å². The van der Waals surface area contributed by atoms with Crippen molar-refractivity contribution in [3.05, 3.63) is 47.3 Å². The number of nitrogens with two attached hydrogens (primary N) is 1. The normalized spacial score (nSPS) is 17.4. The van der Waals surface area contributed by atoms with Crippen LogP contribution in [-0.2, 0) is 6.42 Å². The van der Waals surface area contributed by atoms with Gasteiger partial charge in [0, 0.05) is 17.4 Å². The Bertz CT molecular complexity index is 695. The number of nitrogen functional groups attached to an aromatic ring is 1. The van der Waals surface area contributed by atoms with Gasteiger partial charge in [-0.25, -0.2) is 9.97 Å². The second-order valence-corrected chi connectivity index (χ2v) is 5.49. The molecule has 1 aliphatic heterocycles. The van der Waals surface area contributed by atoms with Crippen molar-refractivity contribution < 1.29 is 0 Å². The van der Waals surface area contributed by atoms with E-state index in [1.165, 1.54) is 5.56 Å². The number of anilines is 2. The fourth-order valence-corrected chi connectivity index (χ4v) is 2.79. The Kier molecular flexibility index (Phi) is 3.33. The summed E-state index contributed by atoms with van der Waals surface area (Å²) in [5.41, 5.74) is 9.34. The third kappa shape index (κ3) is 2.46. The van der Waals surface area contributed by atoms with Gasteiger partial charge in [-0.2, -0.15) is 0 Å². The molecule has 0 amide bonds. The van der Waals surface area contributed by atoms with Crippen molar-refractivity contribution in [1.82, 2.24) is 9.97 Å². The number of fused-ring (bicyclic) bond motifs is 1. The van der Waals surface area contributed by atoms with Crippen LogP contribution in [0.5, 0.6) is 0 Å². The molecule has 1 aromatic heterocycles. The van der Waals surface area contributed by atoms with Gasteiger partial charge in [0.05, 0.1) is 0 Å². The van der Waals surface area contributed by atoms with E-state index < -0.39 is 0 Å². The zero-order valence-electron chi connectivity index (χ0n) is 12.3. The van der Waals surface area contributed by atoms with Crippen LogP contribution in [0.3, 0.4) is 0 Å². The first kappa shape index (κ1) is 13.5. The number of aromatic nitrogens is 2. The van der Waals surface area contributed by atoms with E-state index in [4.69, 9.17) is 11.1 Å². The fraction of sp³-hybridized carbons (Fsp3) is 0.312. The zero-order valence-corrected chi connectivity index (χ0v) is 12.3. The van der Waals surface area contributed by atoms with Crippen LogP contribution in [0.15, 0.2) is 30.3 Å². The van der Waals surface area contributed by atoms with Crippen LogP contribution in [0.1, 0.15) is 30.3 Å². The first-order valence-corrected chi connectivity index (χ1v) is 7.13. The van der Waals surface area contributed by atoms with E-state index >= 15 is 0 Å². The number of hydrogen-bond acceptors (Lipinski definition) is 4. The van der Waals surface area contributed by atoms with Crippen LogP contribution in [0.25, 0.3) is 0 Å². The predicted molar refractivity (Wildman–Crippen MR) is 84.1 cm³/mol. The Labute approximate surface area is 124 Å². The quantitative estimate of drug-likeness (QED) is 0.655. The number of hydrogen-bond donors (Lipinski definition) is 2. The van der Waals surface area contributed by atoms with Crippen molar-refractivity contribution in [2.75, 3.05) is 4.90 Å². The molecule has 5 heteroatoms. The van der Waals surface area contributed by atoms with Gasteiger partial charge in [-0.3, -0.25) is 5.41 Å². The van der Waals surface area contributed by atoms with Crippen molar-refractivity contribution in [3.63, 3.8) is 0 Å². The summed E-state index contributed by atoms with van der Waals surface area (Å²) in [7, 11) is 0. The van der Waals surface area contributed by atoms with Crippen LogP contribution < -0.4 is 10.6 Å². The Hall–Kier alpha value is -2.43. The molecule has 0 bridgehead atoms. The van der Waals surface area contributed by atoms with Gasteiger partial charge in [0.1, 0.15) is 11.5 Å². The zero-order chi connectivity index (χ0) is 15.0. The molecule has 0 saturated carbocycles. The van der Waals surface area contributed by atoms with E-state index in [-0.39, 0.29) is 5.84 Å². The molecule has 1 atom stereocenters. The summed E-state index contributed by atoms with van der Waals surface area (Å²) in [6.45, 7) is 4.08. The number of amidine groups is 1. The third-order valence-electron chi connectivity index (χ3n) is 3.86. The van der Waals surface area contributed by atoms with Crippen LogP contribution in [0.4, 0.5) is 11.6 Å². The molecule has 21 heavy (non-hydrogen) atoms. The average Bonchev–Trinajstić information content (AvgIpc) is 2.46. The summed E-state index contributed by atoms with van der Waals surface area (Å²) in [6, 6.07) is 10.4. The lowest BCUT2D eigenvalue weighted by molar-refractivity contribution is 0.607. The largest absolute Gasteiger partial charge is 0.382 e. The summed E-state index contributed by atoms with van der Waals surface area (Å²) >= 11 is 0. The standard InChI is InChI=1S/C16H19N5/c1-10-9-13(15(17)18)20-16(19-10)21-11(2)7-8-12-5-3-4-6-14(12)21/h3-6,9,11H,7-8H2,1-2H3,(H3,17,18). The molecule has 0 aliphatic carbocycles. The minimum Gasteiger partial charge on any atom is -0.382 e. The summed E-state index contributed by atoms with van der Waals surface area (Å²) in [6.07, 6.45) is 2.13. The topological polar surface area (TPSA) is 78.9 Å². The van der Waals surface area contributed by atoms with Crippen LogP contribution >= 0.6 is 0 Å². The van der Waals surface area contributed by atoms with Gasteiger partial charge in [-0.15, -0.1) is 0 Å². The molecule has 5 nitrogen and oxygen atoms in total. The van der Waals surface area contributed by atoms with Crippen molar-refractivity contribution in [2.24, 2.45) is 5.73 Å². The Morgan fingerprint density at radius 2 is 2.10 bits per heavy atom. The van der Waals surface area contributed by atoms with Crippen LogP contribution in [0.2, 0.25) is 0 Å². The van der Waals surface area contributed by atoms with Crippen LogP contribution in [0, 0.1) is 12.3 Å². The summed E-state index contributed by atoms with van der Waals surface area (Å²) in [5.74, 6) is 0.597. The first-order chi connectivity index (χ1) is 10.1. The lowest BCUT2D eigenvalue weighted by atomic mass is 9.97. The number of aryl methyl sites for hydroxylation is 2. The van der Waals surface area contributed by atoms with Crippen molar-refractivity contribution in [3.8, 4) is 0 Å². The van der Waals surface area contributed by atoms with E-state index in [0.717, 1.165) is 24.2 Å². The maximum absolute atomic E-state index is 7.61. The lowest BCUT2D eigenvalue weighted by Gasteiger charge is -2.35. The van der Waals surface area contributed by atoms with Gasteiger partial charge >= 0.3 is 0 Å². The smallest absolute Gasteiger partial charge is 0.231 e. The summed E-state index contributed by atoms with van der Waals surface area (Å²) in [5, 5.41) is 7.61. The molecule has 108 valence electrons. The number of para-hydroxylation sites is 1. The van der Waals surface area contributed by atoms with E-state index in [1.807, 2.05) is 13.0 Å². The Morgan fingerprint density at radius 1 is 1.33 bits per heavy atom. The highest BCUT2D eigenvalue weighted by atomic mass is 15.3. The molecule has 1 aromatic carbocycles. The molecular formula is C16H19N5. The van der Waals surface area contributed by atoms with Gasteiger partial charge in [-0.05, 0) is 44.4 Å². The highest BCUT2D eigenvalue weighted by Crippen LogP contribution is 2.34. The highest BCUT2D eigenvalue weighted by Gasteiger charge is 2.26. The predicted octanol–water partition coefficient (Wildman–Crippen LogP) is 2.54. The first-order valence-electron chi connectivity index (χ1n) is 7.13. The second-order valence-electron chi connectivity index (χ2n) is 5.49. The average molecular weight is 281 g/mol. The number of nitrogens with zero attached hydrogens (tertiary/aromatic N) is 3. The molecule has 3 N–H and O–H groups in total. The molecule has 3 rings (SSSR count). The van der Waals surface area contributed by atoms with Crippen molar-refractivity contribution in [2.45, 2.75) is 32.7 Å². The van der Waals surface area contributed by atoms with E-state index in [9.17, 15) is 0 Å². The van der Waals surface area contributed by atoms with Crippen molar-refractivity contribution >= 4 is 17.5 Å². The second kappa shape index (κ2) is 5.16. The van der Waals surface area contributed by atoms with Gasteiger partial charge in [0.2, 0.25) is 5.95 Å². The maximum atomic E-state index is 7.61. The van der Waals surface area contributed by atoms with Crippen LogP contribution in [-0.4, -0.2) is 21.8 Å². The number of benzene rings is 1.